The molecule has 2 aromatic carbocycles. The van der Waals surface area contributed by atoms with Gasteiger partial charge in [0.25, 0.3) is 5.91 Å². The van der Waals surface area contributed by atoms with E-state index in [0.29, 0.717) is 29.6 Å². The number of ether oxygens (including phenoxy) is 3. The van der Waals surface area contributed by atoms with E-state index in [4.69, 9.17) is 14.2 Å². The summed E-state index contributed by atoms with van der Waals surface area (Å²) in [5.41, 5.74) is 3.62. The summed E-state index contributed by atoms with van der Waals surface area (Å²) in [7, 11) is 0. The van der Waals surface area contributed by atoms with E-state index in [0.717, 1.165) is 30.7 Å². The Bertz CT molecular complexity index is 936. The van der Waals surface area contributed by atoms with Crippen LogP contribution in [0.3, 0.4) is 0 Å². The molecule has 1 amide bonds. The Morgan fingerprint density at radius 1 is 1.14 bits per heavy atom. The van der Waals surface area contributed by atoms with Crippen LogP contribution in [0.25, 0.3) is 0 Å². The summed E-state index contributed by atoms with van der Waals surface area (Å²) in [5, 5.41) is 6.14. The van der Waals surface area contributed by atoms with Gasteiger partial charge in [0.1, 0.15) is 0 Å². The van der Waals surface area contributed by atoms with Crippen LogP contribution in [-0.4, -0.2) is 37.9 Å². The maximum Gasteiger partial charge on any atom is 0.258 e. The van der Waals surface area contributed by atoms with Gasteiger partial charge in [0.2, 0.25) is 12.8 Å². The van der Waals surface area contributed by atoms with Crippen LogP contribution < -0.4 is 20.1 Å². The molecule has 4 rings (SSSR count). The van der Waals surface area contributed by atoms with Gasteiger partial charge in [-0.25, -0.2) is 4.99 Å². The predicted molar refractivity (Wildman–Crippen MR) is 111 cm³/mol. The summed E-state index contributed by atoms with van der Waals surface area (Å²) < 4.78 is 16.3. The number of guanidine groups is 1. The van der Waals surface area contributed by atoms with E-state index in [9.17, 15) is 4.79 Å². The third-order valence-electron chi connectivity index (χ3n) is 4.98. The number of fused-ring (bicyclic) bond motifs is 1. The highest BCUT2D eigenvalue weighted by Crippen LogP contribution is 2.32. The zero-order chi connectivity index (χ0) is 20.2. The number of hydrogen-bond donors (Lipinski definition) is 2. The van der Waals surface area contributed by atoms with E-state index < -0.39 is 0 Å². The fraction of sp³-hybridized carbons (Fsp3) is 0.364. The molecule has 1 fully saturated rings. The number of rotatable bonds is 4. The lowest BCUT2D eigenvalue weighted by Gasteiger charge is -2.15. The van der Waals surface area contributed by atoms with Crippen LogP contribution in [0.1, 0.15) is 34.3 Å². The summed E-state index contributed by atoms with van der Waals surface area (Å²) in [4.78, 5) is 17.4. The summed E-state index contributed by atoms with van der Waals surface area (Å²) in [6, 6.07) is 11.2. The zero-order valence-electron chi connectivity index (χ0n) is 16.7. The first-order valence-electron chi connectivity index (χ1n) is 9.80. The van der Waals surface area contributed by atoms with Gasteiger partial charge in [0.05, 0.1) is 12.6 Å². The van der Waals surface area contributed by atoms with Gasteiger partial charge in [-0.2, -0.15) is 0 Å². The number of hydrogen-bond acceptors (Lipinski definition) is 5. The Labute approximate surface area is 170 Å². The molecule has 1 atom stereocenters. The fourth-order valence-corrected chi connectivity index (χ4v) is 3.39. The lowest BCUT2D eigenvalue weighted by molar-refractivity contribution is 0.0975. The molecule has 0 bridgehead atoms. The summed E-state index contributed by atoms with van der Waals surface area (Å²) in [6.07, 6.45) is 2.12. The molecular formula is C22H25N3O4. The SMILES string of the molecule is Cc1ccc(NC(=NC[C@@H]2CCCO2)NC(=O)c2ccc3c(c2)OCO3)c(C)c1. The smallest absolute Gasteiger partial charge is 0.258 e. The van der Waals surface area contributed by atoms with Crippen LogP contribution in [0.4, 0.5) is 5.69 Å². The van der Waals surface area contributed by atoms with Crippen molar-refractivity contribution in [1.29, 1.82) is 0 Å². The molecule has 0 unspecified atom stereocenters. The van der Waals surface area contributed by atoms with Crippen molar-refractivity contribution in [3.63, 3.8) is 0 Å². The van der Waals surface area contributed by atoms with Gasteiger partial charge < -0.3 is 19.5 Å². The van der Waals surface area contributed by atoms with Crippen LogP contribution in [0.2, 0.25) is 0 Å². The van der Waals surface area contributed by atoms with Gasteiger partial charge in [-0.1, -0.05) is 17.7 Å². The molecule has 7 nitrogen and oxygen atoms in total. The molecule has 0 aliphatic carbocycles. The van der Waals surface area contributed by atoms with E-state index in [1.807, 2.05) is 26.0 Å². The Kier molecular flexibility index (Phi) is 5.67. The quantitative estimate of drug-likeness (QED) is 0.613. The van der Waals surface area contributed by atoms with Crippen molar-refractivity contribution < 1.29 is 19.0 Å². The largest absolute Gasteiger partial charge is 0.454 e. The third-order valence-corrected chi connectivity index (χ3v) is 4.98. The Hall–Kier alpha value is -3.06. The molecule has 0 saturated carbocycles. The van der Waals surface area contributed by atoms with Crippen molar-refractivity contribution in [2.75, 3.05) is 25.3 Å². The molecule has 0 aromatic heterocycles. The minimum atomic E-state index is -0.272. The molecule has 0 radical (unpaired) electrons. The van der Waals surface area contributed by atoms with E-state index in [1.165, 1.54) is 5.56 Å². The monoisotopic (exact) mass is 395 g/mol. The molecular weight excluding hydrogens is 370 g/mol. The summed E-state index contributed by atoms with van der Waals surface area (Å²) >= 11 is 0. The highest BCUT2D eigenvalue weighted by Gasteiger charge is 2.19. The second kappa shape index (κ2) is 8.53. The number of amides is 1. The van der Waals surface area contributed by atoms with Crippen LogP contribution in [0.15, 0.2) is 41.4 Å². The number of carbonyl (C=O) groups is 1. The van der Waals surface area contributed by atoms with Gasteiger partial charge in [-0.3, -0.25) is 10.1 Å². The van der Waals surface area contributed by atoms with Gasteiger partial charge in [0, 0.05) is 17.9 Å². The fourth-order valence-electron chi connectivity index (χ4n) is 3.39. The average Bonchev–Trinajstić information content (AvgIpc) is 3.39. The van der Waals surface area contributed by atoms with Crippen molar-refractivity contribution in [3.8, 4) is 11.5 Å². The lowest BCUT2D eigenvalue weighted by atomic mass is 10.1. The Balaban J connectivity index is 1.52. The van der Waals surface area contributed by atoms with Gasteiger partial charge in [-0.05, 0) is 56.5 Å². The van der Waals surface area contributed by atoms with Crippen molar-refractivity contribution in [1.82, 2.24) is 5.32 Å². The molecule has 2 aliphatic heterocycles. The van der Waals surface area contributed by atoms with Crippen molar-refractivity contribution in [3.05, 3.63) is 53.1 Å². The second-order valence-corrected chi connectivity index (χ2v) is 7.29. The molecule has 0 spiro atoms. The molecule has 2 aliphatic rings. The average molecular weight is 395 g/mol. The second-order valence-electron chi connectivity index (χ2n) is 7.29. The van der Waals surface area contributed by atoms with Crippen LogP contribution in [0, 0.1) is 13.8 Å². The van der Waals surface area contributed by atoms with Crippen LogP contribution in [0.5, 0.6) is 11.5 Å². The number of aryl methyl sites for hydroxylation is 2. The topological polar surface area (TPSA) is 81.2 Å². The van der Waals surface area contributed by atoms with Gasteiger partial charge in [0.15, 0.2) is 11.5 Å². The molecule has 2 aromatic rings. The van der Waals surface area contributed by atoms with E-state index in [-0.39, 0.29) is 18.8 Å². The van der Waals surface area contributed by atoms with Crippen molar-refractivity contribution >= 4 is 17.6 Å². The Morgan fingerprint density at radius 3 is 2.79 bits per heavy atom. The normalized spacial score (nSPS) is 18.0. The number of nitrogens with one attached hydrogen (secondary N) is 2. The highest BCUT2D eigenvalue weighted by atomic mass is 16.7. The van der Waals surface area contributed by atoms with Gasteiger partial charge in [-0.15, -0.1) is 0 Å². The molecule has 7 heteroatoms. The minimum Gasteiger partial charge on any atom is -0.454 e. The Morgan fingerprint density at radius 2 is 2.00 bits per heavy atom. The first-order chi connectivity index (χ1) is 14.1. The zero-order valence-corrected chi connectivity index (χ0v) is 16.7. The maximum atomic E-state index is 12.8. The van der Waals surface area contributed by atoms with E-state index in [2.05, 4.69) is 21.7 Å². The number of anilines is 1. The highest BCUT2D eigenvalue weighted by molar-refractivity contribution is 6.10. The van der Waals surface area contributed by atoms with Crippen molar-refractivity contribution in [2.45, 2.75) is 32.8 Å². The standard InChI is InChI=1S/C22H25N3O4/c1-14-5-7-18(15(2)10-14)24-22(23-12-17-4-3-9-27-17)25-21(26)16-6-8-19-20(11-16)29-13-28-19/h5-8,10-11,17H,3-4,9,12-13H2,1-2H3,(H2,23,24,25,26)/t17-/m0/s1. The number of aliphatic imine (C=N–C) groups is 1. The van der Waals surface area contributed by atoms with Crippen LogP contribution >= 0.6 is 0 Å². The van der Waals surface area contributed by atoms with E-state index in [1.54, 1.807) is 18.2 Å². The lowest BCUT2D eigenvalue weighted by Crippen LogP contribution is -2.37. The number of carbonyl (C=O) groups excluding carboxylic acids is 1. The summed E-state index contributed by atoms with van der Waals surface area (Å²) in [5.74, 6) is 1.34. The molecule has 2 N–H and O–H groups in total. The van der Waals surface area contributed by atoms with Crippen LogP contribution in [-0.2, 0) is 4.74 Å². The predicted octanol–water partition coefficient (Wildman–Crippen LogP) is 3.41. The maximum absolute atomic E-state index is 12.8. The molecule has 152 valence electrons. The molecule has 1 saturated heterocycles. The summed E-state index contributed by atoms with van der Waals surface area (Å²) in [6.45, 7) is 5.50. The molecule has 29 heavy (non-hydrogen) atoms. The number of benzene rings is 2. The first kappa shape index (κ1) is 19.3. The third kappa shape index (κ3) is 4.68. The first-order valence-corrected chi connectivity index (χ1v) is 9.80. The molecule has 2 heterocycles. The van der Waals surface area contributed by atoms with Gasteiger partial charge >= 0.3 is 0 Å². The van der Waals surface area contributed by atoms with Crippen molar-refractivity contribution in [2.24, 2.45) is 4.99 Å². The number of nitrogens with zero attached hydrogens (tertiary/aromatic N) is 1. The van der Waals surface area contributed by atoms with E-state index >= 15 is 0 Å². The minimum absolute atomic E-state index is 0.0911.